The van der Waals surface area contributed by atoms with Crippen LogP contribution in [0.15, 0.2) is 18.2 Å². The number of carbonyl (C=O) groups is 1. The normalized spacial score (nSPS) is 18.7. The Balaban J connectivity index is 1.82. The highest BCUT2D eigenvalue weighted by molar-refractivity contribution is 5.92. The standard InChI is InChI=1S/C15H23N3O3/c1-20-12-5-7-18(10-12)8-6-15(19)17-13-4-3-11(16)9-14(13)21-2/h3-4,9,12H,5-8,10,16H2,1-2H3,(H,17,19). The van der Waals surface area contributed by atoms with Crippen molar-refractivity contribution in [2.24, 2.45) is 0 Å². The molecule has 0 aromatic heterocycles. The second-order valence-electron chi connectivity index (χ2n) is 5.20. The predicted octanol–water partition coefficient (Wildman–Crippen LogP) is 1.33. The Hall–Kier alpha value is -1.79. The van der Waals surface area contributed by atoms with Gasteiger partial charge in [0, 0.05) is 44.9 Å². The molecule has 0 bridgehead atoms. The number of amides is 1. The van der Waals surface area contributed by atoms with Gasteiger partial charge >= 0.3 is 0 Å². The summed E-state index contributed by atoms with van der Waals surface area (Å²) in [5, 5.41) is 2.86. The van der Waals surface area contributed by atoms with Crippen molar-refractivity contribution < 1.29 is 14.3 Å². The summed E-state index contributed by atoms with van der Waals surface area (Å²) >= 11 is 0. The second-order valence-corrected chi connectivity index (χ2v) is 5.20. The quantitative estimate of drug-likeness (QED) is 0.774. The number of carbonyl (C=O) groups excluding carboxylic acids is 1. The lowest BCUT2D eigenvalue weighted by Crippen LogP contribution is -2.27. The van der Waals surface area contributed by atoms with Crippen LogP contribution in [0.25, 0.3) is 0 Å². The highest BCUT2D eigenvalue weighted by atomic mass is 16.5. The third-order valence-electron chi connectivity index (χ3n) is 3.72. The van der Waals surface area contributed by atoms with Gasteiger partial charge in [0.25, 0.3) is 0 Å². The minimum absolute atomic E-state index is 0.0288. The molecule has 1 aliphatic heterocycles. The molecule has 1 unspecified atom stereocenters. The van der Waals surface area contributed by atoms with E-state index in [1.165, 1.54) is 0 Å². The zero-order valence-electron chi connectivity index (χ0n) is 12.6. The Morgan fingerprint density at radius 1 is 1.48 bits per heavy atom. The third kappa shape index (κ3) is 4.34. The van der Waals surface area contributed by atoms with Crippen molar-refractivity contribution in [3.8, 4) is 5.75 Å². The second kappa shape index (κ2) is 7.28. The Morgan fingerprint density at radius 2 is 2.29 bits per heavy atom. The van der Waals surface area contributed by atoms with E-state index in [2.05, 4.69) is 10.2 Å². The molecule has 3 N–H and O–H groups in total. The van der Waals surface area contributed by atoms with E-state index in [1.807, 2.05) is 0 Å². The minimum atomic E-state index is -0.0288. The van der Waals surface area contributed by atoms with Crippen molar-refractivity contribution in [2.75, 3.05) is 44.9 Å². The summed E-state index contributed by atoms with van der Waals surface area (Å²) in [5.74, 6) is 0.544. The zero-order valence-corrected chi connectivity index (χ0v) is 12.6. The molecule has 1 fully saturated rings. The Bertz CT molecular complexity index is 493. The van der Waals surface area contributed by atoms with E-state index < -0.39 is 0 Å². The summed E-state index contributed by atoms with van der Waals surface area (Å²) < 4.78 is 10.5. The lowest BCUT2D eigenvalue weighted by molar-refractivity contribution is -0.116. The maximum atomic E-state index is 12.0. The molecule has 1 aromatic carbocycles. The molecule has 0 radical (unpaired) electrons. The summed E-state index contributed by atoms with van der Waals surface area (Å²) in [7, 11) is 3.29. The van der Waals surface area contributed by atoms with Crippen LogP contribution in [0.2, 0.25) is 0 Å². The maximum Gasteiger partial charge on any atom is 0.225 e. The van der Waals surface area contributed by atoms with Gasteiger partial charge in [0.1, 0.15) is 5.75 Å². The predicted molar refractivity (Wildman–Crippen MR) is 82.5 cm³/mol. The molecule has 1 saturated heterocycles. The van der Waals surface area contributed by atoms with Crippen LogP contribution >= 0.6 is 0 Å². The van der Waals surface area contributed by atoms with Gasteiger partial charge in [0.05, 0.1) is 18.9 Å². The molecule has 116 valence electrons. The topological polar surface area (TPSA) is 76.8 Å². The molecule has 1 heterocycles. The van der Waals surface area contributed by atoms with Crippen LogP contribution in [-0.4, -0.2) is 50.8 Å². The van der Waals surface area contributed by atoms with Gasteiger partial charge in [0.2, 0.25) is 5.91 Å². The van der Waals surface area contributed by atoms with E-state index in [-0.39, 0.29) is 5.91 Å². The number of nitrogens with one attached hydrogen (secondary N) is 1. The fourth-order valence-corrected chi connectivity index (χ4v) is 2.48. The molecule has 1 aromatic rings. The molecular formula is C15H23N3O3. The van der Waals surface area contributed by atoms with Gasteiger partial charge in [0.15, 0.2) is 0 Å². The molecule has 0 aliphatic carbocycles. The van der Waals surface area contributed by atoms with Crippen LogP contribution in [0.1, 0.15) is 12.8 Å². The number of methoxy groups -OCH3 is 2. The molecule has 6 nitrogen and oxygen atoms in total. The van der Waals surface area contributed by atoms with Gasteiger partial charge in [-0.15, -0.1) is 0 Å². The van der Waals surface area contributed by atoms with Crippen LogP contribution < -0.4 is 15.8 Å². The third-order valence-corrected chi connectivity index (χ3v) is 3.72. The Morgan fingerprint density at radius 3 is 2.95 bits per heavy atom. The van der Waals surface area contributed by atoms with Crippen LogP contribution in [0.4, 0.5) is 11.4 Å². The smallest absolute Gasteiger partial charge is 0.225 e. The lowest BCUT2D eigenvalue weighted by atomic mass is 10.2. The fraction of sp³-hybridized carbons (Fsp3) is 0.533. The highest BCUT2D eigenvalue weighted by Crippen LogP contribution is 2.26. The van der Waals surface area contributed by atoms with Crippen LogP contribution in [-0.2, 0) is 9.53 Å². The number of likely N-dealkylation sites (tertiary alicyclic amines) is 1. The van der Waals surface area contributed by atoms with Gasteiger partial charge < -0.3 is 25.4 Å². The summed E-state index contributed by atoms with van der Waals surface area (Å²) in [4.78, 5) is 14.3. The Labute approximate surface area is 125 Å². The average molecular weight is 293 g/mol. The first-order chi connectivity index (χ1) is 10.1. The van der Waals surface area contributed by atoms with Crippen molar-refractivity contribution in [3.63, 3.8) is 0 Å². The van der Waals surface area contributed by atoms with Crippen molar-refractivity contribution in [2.45, 2.75) is 18.9 Å². The Kier molecular flexibility index (Phi) is 5.41. The van der Waals surface area contributed by atoms with Gasteiger partial charge in [-0.25, -0.2) is 0 Å². The van der Waals surface area contributed by atoms with Gasteiger partial charge in [-0.05, 0) is 18.6 Å². The van der Waals surface area contributed by atoms with E-state index in [1.54, 1.807) is 32.4 Å². The first-order valence-corrected chi connectivity index (χ1v) is 7.11. The van der Waals surface area contributed by atoms with Crippen LogP contribution in [0, 0.1) is 0 Å². The summed E-state index contributed by atoms with van der Waals surface area (Å²) in [6, 6.07) is 5.18. The fourth-order valence-electron chi connectivity index (χ4n) is 2.48. The number of hydrogen-bond acceptors (Lipinski definition) is 5. The monoisotopic (exact) mass is 293 g/mol. The summed E-state index contributed by atoms with van der Waals surface area (Å²) in [6.07, 6.45) is 1.78. The molecule has 21 heavy (non-hydrogen) atoms. The zero-order chi connectivity index (χ0) is 15.2. The van der Waals surface area contributed by atoms with E-state index in [0.717, 1.165) is 26.1 Å². The number of nitrogens with two attached hydrogens (primary N) is 1. The van der Waals surface area contributed by atoms with E-state index >= 15 is 0 Å². The van der Waals surface area contributed by atoms with E-state index in [9.17, 15) is 4.79 Å². The van der Waals surface area contributed by atoms with Crippen molar-refractivity contribution in [1.82, 2.24) is 4.90 Å². The molecular weight excluding hydrogens is 270 g/mol. The minimum Gasteiger partial charge on any atom is -0.494 e. The van der Waals surface area contributed by atoms with Crippen molar-refractivity contribution in [1.29, 1.82) is 0 Å². The number of hydrogen-bond donors (Lipinski definition) is 2. The molecule has 1 aliphatic rings. The van der Waals surface area contributed by atoms with Crippen LogP contribution in [0.5, 0.6) is 5.75 Å². The largest absolute Gasteiger partial charge is 0.494 e. The maximum absolute atomic E-state index is 12.0. The highest BCUT2D eigenvalue weighted by Gasteiger charge is 2.22. The number of nitrogen functional groups attached to an aromatic ring is 1. The van der Waals surface area contributed by atoms with Crippen LogP contribution in [0.3, 0.4) is 0 Å². The molecule has 6 heteroatoms. The molecule has 2 rings (SSSR count). The first kappa shape index (κ1) is 15.6. The molecule has 0 saturated carbocycles. The lowest BCUT2D eigenvalue weighted by Gasteiger charge is -2.16. The molecule has 0 spiro atoms. The van der Waals surface area contributed by atoms with E-state index in [0.29, 0.717) is 29.6 Å². The number of rotatable bonds is 6. The van der Waals surface area contributed by atoms with Crippen molar-refractivity contribution >= 4 is 17.3 Å². The van der Waals surface area contributed by atoms with Gasteiger partial charge in [-0.1, -0.05) is 0 Å². The number of benzene rings is 1. The average Bonchev–Trinajstić information content (AvgIpc) is 2.95. The molecule has 1 amide bonds. The number of anilines is 2. The van der Waals surface area contributed by atoms with E-state index in [4.69, 9.17) is 15.2 Å². The summed E-state index contributed by atoms with van der Waals surface area (Å²) in [5.41, 5.74) is 6.94. The number of ether oxygens (including phenoxy) is 2. The van der Waals surface area contributed by atoms with Gasteiger partial charge in [-0.2, -0.15) is 0 Å². The van der Waals surface area contributed by atoms with Gasteiger partial charge in [-0.3, -0.25) is 4.79 Å². The number of nitrogens with zero attached hydrogens (tertiary/aromatic N) is 1. The SMILES string of the molecule is COc1cc(N)ccc1NC(=O)CCN1CCC(OC)C1. The molecule has 1 atom stereocenters. The van der Waals surface area contributed by atoms with Crippen molar-refractivity contribution in [3.05, 3.63) is 18.2 Å². The first-order valence-electron chi connectivity index (χ1n) is 7.11. The summed E-state index contributed by atoms with van der Waals surface area (Å²) in [6.45, 7) is 2.62.